The summed E-state index contributed by atoms with van der Waals surface area (Å²) >= 11 is 1.59. The van der Waals surface area contributed by atoms with Crippen LogP contribution in [0.25, 0.3) is 0 Å². The number of halogens is 3. The van der Waals surface area contributed by atoms with Gasteiger partial charge in [0, 0.05) is 42.8 Å². The van der Waals surface area contributed by atoms with Crippen molar-refractivity contribution in [3.8, 4) is 0 Å². The van der Waals surface area contributed by atoms with Crippen LogP contribution < -0.4 is 4.90 Å². The summed E-state index contributed by atoms with van der Waals surface area (Å²) in [7, 11) is 0. The van der Waals surface area contributed by atoms with E-state index in [1.807, 2.05) is 41.2 Å². The van der Waals surface area contributed by atoms with Gasteiger partial charge < -0.3 is 9.80 Å². The van der Waals surface area contributed by atoms with Crippen molar-refractivity contribution in [2.75, 3.05) is 37.3 Å². The van der Waals surface area contributed by atoms with Crippen LogP contribution in [0.4, 0.5) is 19.0 Å². The van der Waals surface area contributed by atoms with Gasteiger partial charge in [0.05, 0.1) is 5.56 Å². The first-order chi connectivity index (χ1) is 13.3. The molecule has 0 unspecified atom stereocenters. The summed E-state index contributed by atoms with van der Waals surface area (Å²) in [5, 5.41) is 0. The van der Waals surface area contributed by atoms with Gasteiger partial charge in [0.1, 0.15) is 5.82 Å². The quantitative estimate of drug-likeness (QED) is 0.701. The van der Waals surface area contributed by atoms with E-state index < -0.39 is 11.7 Å². The van der Waals surface area contributed by atoms with E-state index in [2.05, 4.69) is 4.98 Å². The number of thioether (sulfide) groups is 1. The Morgan fingerprint density at radius 2 is 1.89 bits per heavy atom. The second-order valence-electron chi connectivity index (χ2n) is 6.72. The van der Waals surface area contributed by atoms with E-state index in [-0.39, 0.29) is 5.91 Å². The molecule has 1 aliphatic heterocycles. The van der Waals surface area contributed by atoms with Crippen molar-refractivity contribution in [1.29, 1.82) is 0 Å². The van der Waals surface area contributed by atoms with E-state index in [4.69, 9.17) is 0 Å². The second-order valence-corrected chi connectivity index (χ2v) is 7.60. The predicted molar refractivity (Wildman–Crippen MR) is 105 cm³/mol. The molecule has 2 aromatic rings. The number of hydrogen-bond acceptors (Lipinski definition) is 4. The van der Waals surface area contributed by atoms with Crippen LogP contribution in [-0.4, -0.2) is 48.2 Å². The highest BCUT2D eigenvalue weighted by molar-refractivity contribution is 7.98. The number of anilines is 1. The molecule has 0 radical (unpaired) electrons. The standard InChI is InChI=1S/C20H22F3N3OS/c1-14-4-6-16(28-2)12-17(14)19(27)26-9-3-8-25(10-11-26)18-7-5-15(13-24-18)20(21,22)23/h4-7,12-13H,3,8-11H2,1-2H3. The van der Waals surface area contributed by atoms with E-state index in [9.17, 15) is 18.0 Å². The molecule has 28 heavy (non-hydrogen) atoms. The van der Waals surface area contributed by atoms with Gasteiger partial charge >= 0.3 is 6.18 Å². The maximum Gasteiger partial charge on any atom is 0.417 e. The van der Waals surface area contributed by atoms with Crippen LogP contribution in [0.3, 0.4) is 0 Å². The first-order valence-electron chi connectivity index (χ1n) is 9.01. The number of aryl methyl sites for hydroxylation is 1. The van der Waals surface area contributed by atoms with Gasteiger partial charge in [0.25, 0.3) is 5.91 Å². The maximum atomic E-state index is 13.0. The SMILES string of the molecule is CSc1ccc(C)c(C(=O)N2CCCN(c3ccc(C(F)(F)F)cn3)CC2)c1. The summed E-state index contributed by atoms with van der Waals surface area (Å²) in [6.45, 7) is 4.22. The van der Waals surface area contributed by atoms with Crippen molar-refractivity contribution < 1.29 is 18.0 Å². The van der Waals surface area contributed by atoms with Gasteiger partial charge in [-0.15, -0.1) is 11.8 Å². The van der Waals surface area contributed by atoms with Crippen molar-refractivity contribution in [3.63, 3.8) is 0 Å². The first kappa shape index (κ1) is 20.5. The minimum atomic E-state index is -4.39. The molecule has 2 heterocycles. The summed E-state index contributed by atoms with van der Waals surface area (Å²) in [5.74, 6) is 0.499. The molecular formula is C20H22F3N3OS. The van der Waals surface area contributed by atoms with Crippen LogP contribution in [0.2, 0.25) is 0 Å². The van der Waals surface area contributed by atoms with Crippen LogP contribution in [-0.2, 0) is 6.18 Å². The van der Waals surface area contributed by atoms with Crippen LogP contribution >= 0.6 is 11.8 Å². The zero-order valence-corrected chi connectivity index (χ0v) is 16.6. The molecule has 1 aromatic carbocycles. The van der Waals surface area contributed by atoms with Gasteiger partial charge in [-0.3, -0.25) is 4.79 Å². The molecule has 150 valence electrons. The number of rotatable bonds is 3. The third-order valence-corrected chi connectivity index (χ3v) is 5.58. The van der Waals surface area contributed by atoms with E-state index in [0.717, 1.165) is 29.1 Å². The summed E-state index contributed by atoms with van der Waals surface area (Å²) in [6.07, 6.45) is -0.827. The Morgan fingerprint density at radius 3 is 2.54 bits per heavy atom. The Balaban J connectivity index is 1.70. The summed E-state index contributed by atoms with van der Waals surface area (Å²) in [4.78, 5) is 21.8. The molecule has 0 aliphatic carbocycles. The molecule has 0 N–H and O–H groups in total. The number of carbonyl (C=O) groups is 1. The van der Waals surface area contributed by atoms with Crippen LogP contribution in [0, 0.1) is 6.92 Å². The van der Waals surface area contributed by atoms with Crippen molar-refractivity contribution in [2.24, 2.45) is 0 Å². The predicted octanol–water partition coefficient (Wildman–Crippen LogP) is 4.48. The lowest BCUT2D eigenvalue weighted by Crippen LogP contribution is -2.35. The highest BCUT2D eigenvalue weighted by Gasteiger charge is 2.31. The smallest absolute Gasteiger partial charge is 0.355 e. The zero-order valence-electron chi connectivity index (χ0n) is 15.8. The van der Waals surface area contributed by atoms with Crippen molar-refractivity contribution >= 4 is 23.5 Å². The topological polar surface area (TPSA) is 36.4 Å². The lowest BCUT2D eigenvalue weighted by Gasteiger charge is -2.23. The number of benzene rings is 1. The van der Waals surface area contributed by atoms with Crippen LogP contribution in [0.1, 0.15) is 27.9 Å². The molecule has 1 amide bonds. The summed E-state index contributed by atoms with van der Waals surface area (Å²) < 4.78 is 38.1. The van der Waals surface area contributed by atoms with Crippen molar-refractivity contribution in [1.82, 2.24) is 9.88 Å². The minimum Gasteiger partial charge on any atom is -0.355 e. The molecule has 4 nitrogen and oxygen atoms in total. The Hall–Kier alpha value is -2.22. The number of alkyl halides is 3. The minimum absolute atomic E-state index is 0.00405. The number of amides is 1. The molecule has 8 heteroatoms. The van der Waals surface area contributed by atoms with E-state index in [1.54, 1.807) is 11.8 Å². The maximum absolute atomic E-state index is 13.0. The Labute approximate surface area is 166 Å². The normalized spacial score (nSPS) is 15.5. The van der Waals surface area contributed by atoms with Gasteiger partial charge in [-0.05, 0) is 49.4 Å². The largest absolute Gasteiger partial charge is 0.417 e. The lowest BCUT2D eigenvalue weighted by atomic mass is 10.1. The third-order valence-electron chi connectivity index (χ3n) is 4.86. The van der Waals surface area contributed by atoms with Crippen LogP contribution in [0.5, 0.6) is 0 Å². The van der Waals surface area contributed by atoms with Crippen molar-refractivity contribution in [3.05, 3.63) is 53.2 Å². The number of pyridine rings is 1. The molecule has 1 aromatic heterocycles. The van der Waals surface area contributed by atoms with Gasteiger partial charge in [-0.2, -0.15) is 13.2 Å². The number of carbonyl (C=O) groups excluding carboxylic acids is 1. The molecule has 1 saturated heterocycles. The van der Waals surface area contributed by atoms with E-state index in [0.29, 0.717) is 37.6 Å². The first-order valence-corrected chi connectivity index (χ1v) is 10.2. The molecular weight excluding hydrogens is 387 g/mol. The lowest BCUT2D eigenvalue weighted by molar-refractivity contribution is -0.137. The molecule has 0 atom stereocenters. The van der Waals surface area contributed by atoms with Gasteiger partial charge in [-0.1, -0.05) is 6.07 Å². The van der Waals surface area contributed by atoms with Crippen molar-refractivity contribution in [2.45, 2.75) is 24.4 Å². The molecule has 1 fully saturated rings. The highest BCUT2D eigenvalue weighted by Crippen LogP contribution is 2.29. The fourth-order valence-corrected chi connectivity index (χ4v) is 3.66. The number of nitrogens with zero attached hydrogens (tertiary/aromatic N) is 3. The van der Waals surface area contributed by atoms with Gasteiger partial charge in [0.2, 0.25) is 0 Å². The Kier molecular flexibility index (Phi) is 6.17. The molecule has 1 aliphatic rings. The Bertz CT molecular complexity index is 840. The molecule has 3 rings (SSSR count). The zero-order chi connectivity index (χ0) is 20.3. The fraction of sp³-hybridized carbons (Fsp3) is 0.400. The monoisotopic (exact) mass is 409 g/mol. The number of hydrogen-bond donors (Lipinski definition) is 0. The Morgan fingerprint density at radius 1 is 1.11 bits per heavy atom. The van der Waals surface area contributed by atoms with E-state index in [1.165, 1.54) is 6.07 Å². The average Bonchev–Trinajstić information content (AvgIpc) is 2.93. The summed E-state index contributed by atoms with van der Waals surface area (Å²) in [5.41, 5.74) is 0.883. The summed E-state index contributed by atoms with van der Waals surface area (Å²) in [6, 6.07) is 8.31. The average molecular weight is 409 g/mol. The second kappa shape index (κ2) is 8.43. The number of aromatic nitrogens is 1. The van der Waals surface area contributed by atoms with Gasteiger partial charge in [-0.25, -0.2) is 4.98 Å². The third kappa shape index (κ3) is 4.60. The van der Waals surface area contributed by atoms with Gasteiger partial charge in [0.15, 0.2) is 0 Å². The molecule has 0 saturated carbocycles. The van der Waals surface area contributed by atoms with E-state index >= 15 is 0 Å². The van der Waals surface area contributed by atoms with Crippen LogP contribution in [0.15, 0.2) is 41.4 Å². The molecule has 0 bridgehead atoms. The fourth-order valence-electron chi connectivity index (χ4n) is 3.22. The highest BCUT2D eigenvalue weighted by atomic mass is 32.2. The molecule has 0 spiro atoms.